The average Bonchev–Trinajstić information content (AvgIpc) is 2.57. The maximum Gasteiger partial charge on any atom is 0.251 e. The first-order valence-electron chi connectivity index (χ1n) is 7.44. The summed E-state index contributed by atoms with van der Waals surface area (Å²) in [5.41, 5.74) is 1.81. The molecular formula is C18H20BrNO3. The lowest BCUT2D eigenvalue weighted by Gasteiger charge is -2.10. The summed E-state index contributed by atoms with van der Waals surface area (Å²) in [6.45, 7) is 1.60. The zero-order valence-corrected chi connectivity index (χ0v) is 14.6. The van der Waals surface area contributed by atoms with Gasteiger partial charge in [-0.1, -0.05) is 30.3 Å². The van der Waals surface area contributed by atoms with Gasteiger partial charge >= 0.3 is 0 Å². The maximum atomic E-state index is 12.2. The second-order valence-electron chi connectivity index (χ2n) is 4.98. The third-order valence-corrected chi connectivity index (χ3v) is 3.90. The molecule has 1 N–H and O–H groups in total. The third kappa shape index (κ3) is 5.69. The van der Waals surface area contributed by atoms with Crippen molar-refractivity contribution in [3.05, 3.63) is 64.1 Å². The van der Waals surface area contributed by atoms with Crippen LogP contribution < -0.4 is 10.1 Å². The Balaban J connectivity index is 1.85. The lowest BCUT2D eigenvalue weighted by Crippen LogP contribution is -2.25. The van der Waals surface area contributed by atoms with Crippen molar-refractivity contribution in [1.29, 1.82) is 0 Å². The standard InChI is InChI=1S/C18H20BrNO3/c1-22-11-12-23-17-8-7-15(13-16(17)19)18(21)20-10-9-14-5-3-2-4-6-14/h2-8,13H,9-12H2,1H3,(H,20,21). The first-order chi connectivity index (χ1) is 11.2. The molecule has 0 unspecified atom stereocenters. The predicted octanol–water partition coefficient (Wildman–Crippen LogP) is 3.45. The van der Waals surface area contributed by atoms with E-state index < -0.39 is 0 Å². The Morgan fingerprint density at radius 3 is 2.61 bits per heavy atom. The van der Waals surface area contributed by atoms with E-state index in [1.54, 1.807) is 25.3 Å². The normalized spacial score (nSPS) is 10.3. The molecule has 0 aliphatic rings. The van der Waals surface area contributed by atoms with E-state index in [0.29, 0.717) is 31.1 Å². The van der Waals surface area contributed by atoms with Gasteiger partial charge in [0.05, 0.1) is 11.1 Å². The van der Waals surface area contributed by atoms with Crippen molar-refractivity contribution in [2.45, 2.75) is 6.42 Å². The van der Waals surface area contributed by atoms with E-state index in [2.05, 4.69) is 33.4 Å². The molecule has 2 rings (SSSR count). The molecule has 0 radical (unpaired) electrons. The Bertz CT molecular complexity index is 631. The van der Waals surface area contributed by atoms with E-state index in [9.17, 15) is 4.79 Å². The fraction of sp³-hybridized carbons (Fsp3) is 0.278. The summed E-state index contributed by atoms with van der Waals surface area (Å²) in [6.07, 6.45) is 0.811. The van der Waals surface area contributed by atoms with Gasteiger partial charge in [0.15, 0.2) is 0 Å². The molecule has 4 nitrogen and oxygen atoms in total. The zero-order chi connectivity index (χ0) is 16.5. The minimum absolute atomic E-state index is 0.0925. The van der Waals surface area contributed by atoms with Gasteiger partial charge in [0, 0.05) is 19.2 Å². The molecule has 0 saturated carbocycles. The number of carbonyl (C=O) groups excluding carboxylic acids is 1. The van der Waals surface area contributed by atoms with Gasteiger partial charge in [0.2, 0.25) is 0 Å². The Labute approximate surface area is 144 Å². The van der Waals surface area contributed by atoms with E-state index in [1.807, 2.05) is 18.2 Å². The summed E-state index contributed by atoms with van der Waals surface area (Å²) in [5.74, 6) is 0.605. The van der Waals surface area contributed by atoms with Crippen molar-refractivity contribution in [2.24, 2.45) is 0 Å². The minimum atomic E-state index is -0.0925. The molecule has 0 fully saturated rings. The lowest BCUT2D eigenvalue weighted by atomic mass is 10.1. The molecule has 0 aromatic heterocycles. The van der Waals surface area contributed by atoms with Gasteiger partial charge < -0.3 is 14.8 Å². The number of amides is 1. The number of methoxy groups -OCH3 is 1. The number of halogens is 1. The Morgan fingerprint density at radius 2 is 1.91 bits per heavy atom. The molecule has 23 heavy (non-hydrogen) atoms. The Hall–Kier alpha value is -1.85. The van der Waals surface area contributed by atoms with Crippen LogP contribution in [0.3, 0.4) is 0 Å². The monoisotopic (exact) mass is 377 g/mol. The third-order valence-electron chi connectivity index (χ3n) is 3.28. The van der Waals surface area contributed by atoms with Gasteiger partial charge in [0.1, 0.15) is 12.4 Å². The average molecular weight is 378 g/mol. The van der Waals surface area contributed by atoms with Gasteiger partial charge in [-0.05, 0) is 46.1 Å². The van der Waals surface area contributed by atoms with Crippen molar-refractivity contribution in [3.63, 3.8) is 0 Å². The maximum absolute atomic E-state index is 12.2. The van der Waals surface area contributed by atoms with Gasteiger partial charge in [-0.15, -0.1) is 0 Å². The fourth-order valence-corrected chi connectivity index (χ4v) is 2.55. The van der Waals surface area contributed by atoms with Crippen LogP contribution in [0.5, 0.6) is 5.75 Å². The highest BCUT2D eigenvalue weighted by Gasteiger charge is 2.09. The number of rotatable bonds is 8. The molecule has 0 spiro atoms. The van der Waals surface area contributed by atoms with Crippen LogP contribution in [0.4, 0.5) is 0 Å². The highest BCUT2D eigenvalue weighted by molar-refractivity contribution is 9.10. The van der Waals surface area contributed by atoms with Crippen LogP contribution >= 0.6 is 15.9 Å². The summed E-state index contributed by atoms with van der Waals surface area (Å²) < 4.78 is 11.2. The predicted molar refractivity (Wildman–Crippen MR) is 94.0 cm³/mol. The summed E-state index contributed by atoms with van der Waals surface area (Å²) in [7, 11) is 1.63. The van der Waals surface area contributed by atoms with E-state index in [1.165, 1.54) is 5.56 Å². The topological polar surface area (TPSA) is 47.6 Å². The largest absolute Gasteiger partial charge is 0.490 e. The summed E-state index contributed by atoms with van der Waals surface area (Å²) in [5, 5.41) is 2.93. The second kappa shape index (κ2) is 9.33. The first-order valence-corrected chi connectivity index (χ1v) is 8.23. The quantitative estimate of drug-likeness (QED) is 0.716. The van der Waals surface area contributed by atoms with E-state index in [4.69, 9.17) is 9.47 Å². The van der Waals surface area contributed by atoms with Crippen molar-refractivity contribution in [3.8, 4) is 5.75 Å². The highest BCUT2D eigenvalue weighted by Crippen LogP contribution is 2.26. The lowest BCUT2D eigenvalue weighted by molar-refractivity contribution is 0.0954. The molecule has 122 valence electrons. The molecule has 5 heteroatoms. The molecule has 0 saturated heterocycles. The molecule has 0 atom stereocenters. The number of benzene rings is 2. The minimum Gasteiger partial charge on any atom is -0.490 e. The molecule has 1 amide bonds. The SMILES string of the molecule is COCCOc1ccc(C(=O)NCCc2ccccc2)cc1Br. The number of ether oxygens (including phenoxy) is 2. The van der Waals surface area contributed by atoms with Crippen LogP contribution in [0, 0.1) is 0 Å². The fourth-order valence-electron chi connectivity index (χ4n) is 2.06. The van der Waals surface area contributed by atoms with Crippen LogP contribution in [-0.2, 0) is 11.2 Å². The van der Waals surface area contributed by atoms with Gasteiger partial charge in [-0.3, -0.25) is 4.79 Å². The van der Waals surface area contributed by atoms with Crippen molar-refractivity contribution in [1.82, 2.24) is 5.32 Å². The van der Waals surface area contributed by atoms with Gasteiger partial charge in [-0.25, -0.2) is 0 Å². The summed E-state index contributed by atoms with van der Waals surface area (Å²) in [6, 6.07) is 15.4. The highest BCUT2D eigenvalue weighted by atomic mass is 79.9. The van der Waals surface area contributed by atoms with Crippen molar-refractivity contribution in [2.75, 3.05) is 26.9 Å². The molecule has 2 aromatic carbocycles. The van der Waals surface area contributed by atoms with E-state index in [0.717, 1.165) is 10.9 Å². The van der Waals surface area contributed by atoms with Gasteiger partial charge in [0.25, 0.3) is 5.91 Å². The van der Waals surface area contributed by atoms with Crippen LogP contribution in [-0.4, -0.2) is 32.8 Å². The molecule has 0 bridgehead atoms. The van der Waals surface area contributed by atoms with E-state index in [-0.39, 0.29) is 5.91 Å². The Kier molecular flexibility index (Phi) is 7.10. The summed E-state index contributed by atoms with van der Waals surface area (Å²) >= 11 is 3.43. The van der Waals surface area contributed by atoms with Gasteiger partial charge in [-0.2, -0.15) is 0 Å². The van der Waals surface area contributed by atoms with Crippen molar-refractivity contribution < 1.29 is 14.3 Å². The molecular weight excluding hydrogens is 358 g/mol. The second-order valence-corrected chi connectivity index (χ2v) is 5.83. The smallest absolute Gasteiger partial charge is 0.251 e. The summed E-state index contributed by atoms with van der Waals surface area (Å²) in [4.78, 5) is 12.2. The van der Waals surface area contributed by atoms with E-state index >= 15 is 0 Å². The van der Waals surface area contributed by atoms with Crippen LogP contribution in [0.25, 0.3) is 0 Å². The number of carbonyl (C=O) groups is 1. The number of hydrogen-bond donors (Lipinski definition) is 1. The zero-order valence-electron chi connectivity index (χ0n) is 13.0. The van der Waals surface area contributed by atoms with Crippen LogP contribution in [0.1, 0.15) is 15.9 Å². The Morgan fingerprint density at radius 1 is 1.13 bits per heavy atom. The number of hydrogen-bond acceptors (Lipinski definition) is 3. The molecule has 2 aromatic rings. The molecule has 0 aliphatic heterocycles. The van der Waals surface area contributed by atoms with Crippen LogP contribution in [0.2, 0.25) is 0 Å². The first kappa shape index (κ1) is 17.5. The molecule has 0 heterocycles. The van der Waals surface area contributed by atoms with Crippen molar-refractivity contribution >= 4 is 21.8 Å². The van der Waals surface area contributed by atoms with Crippen LogP contribution in [0.15, 0.2) is 53.0 Å². The number of nitrogens with one attached hydrogen (secondary N) is 1. The molecule has 0 aliphatic carbocycles.